The lowest BCUT2D eigenvalue weighted by molar-refractivity contribution is 0.0701. The lowest BCUT2D eigenvalue weighted by Crippen LogP contribution is -2.34. The van der Waals surface area contributed by atoms with Gasteiger partial charge in [0.05, 0.1) is 0 Å². The monoisotopic (exact) mass is 285 g/mol. The first-order valence-electron chi connectivity index (χ1n) is 7.22. The molecule has 21 heavy (non-hydrogen) atoms. The standard InChI is InChI=1S/C16H19N3O2/c1-11-7-12(9-17)10-19(11)16(20)15-8-14(18-21-15)13-5-3-2-4-6-13/h2-6,8,11-12H,7,9-10,17H2,1H3. The molecule has 2 heterocycles. The van der Waals surface area contributed by atoms with Crippen LogP contribution in [0.25, 0.3) is 11.3 Å². The summed E-state index contributed by atoms with van der Waals surface area (Å²) < 4.78 is 5.24. The van der Waals surface area contributed by atoms with Gasteiger partial charge in [0.2, 0.25) is 5.76 Å². The minimum absolute atomic E-state index is 0.104. The molecule has 0 bridgehead atoms. The quantitative estimate of drug-likeness (QED) is 0.938. The Morgan fingerprint density at radius 3 is 2.86 bits per heavy atom. The van der Waals surface area contributed by atoms with Gasteiger partial charge in [-0.15, -0.1) is 0 Å². The Balaban J connectivity index is 1.79. The number of hydrogen-bond acceptors (Lipinski definition) is 4. The van der Waals surface area contributed by atoms with Gasteiger partial charge in [-0.1, -0.05) is 35.5 Å². The van der Waals surface area contributed by atoms with E-state index < -0.39 is 0 Å². The molecule has 2 atom stereocenters. The molecule has 2 N–H and O–H groups in total. The second kappa shape index (κ2) is 5.69. The fourth-order valence-corrected chi connectivity index (χ4v) is 2.86. The maximum Gasteiger partial charge on any atom is 0.292 e. The highest BCUT2D eigenvalue weighted by atomic mass is 16.5. The van der Waals surface area contributed by atoms with Gasteiger partial charge in [0.25, 0.3) is 5.91 Å². The van der Waals surface area contributed by atoms with Gasteiger partial charge >= 0.3 is 0 Å². The fourth-order valence-electron chi connectivity index (χ4n) is 2.86. The lowest BCUT2D eigenvalue weighted by Gasteiger charge is -2.19. The highest BCUT2D eigenvalue weighted by molar-refractivity contribution is 5.92. The van der Waals surface area contributed by atoms with Crippen LogP contribution in [0.1, 0.15) is 23.9 Å². The van der Waals surface area contributed by atoms with E-state index in [9.17, 15) is 4.79 Å². The topological polar surface area (TPSA) is 72.4 Å². The average Bonchev–Trinajstić information content (AvgIpc) is 3.14. The number of amides is 1. The van der Waals surface area contributed by atoms with Crippen LogP contribution in [0.15, 0.2) is 40.9 Å². The molecule has 0 spiro atoms. The van der Waals surface area contributed by atoms with Crippen molar-refractivity contribution in [3.05, 3.63) is 42.2 Å². The third-order valence-corrected chi connectivity index (χ3v) is 4.05. The fraction of sp³-hybridized carbons (Fsp3) is 0.375. The predicted octanol–water partition coefficient (Wildman–Crippen LogP) is 2.15. The molecular weight excluding hydrogens is 266 g/mol. The van der Waals surface area contributed by atoms with Crippen molar-refractivity contribution in [2.45, 2.75) is 19.4 Å². The third-order valence-electron chi connectivity index (χ3n) is 4.05. The van der Waals surface area contributed by atoms with Gasteiger partial charge in [-0.3, -0.25) is 4.79 Å². The van der Waals surface area contributed by atoms with Gasteiger partial charge in [0, 0.05) is 24.2 Å². The maximum atomic E-state index is 12.5. The normalized spacial score (nSPS) is 21.7. The summed E-state index contributed by atoms with van der Waals surface area (Å²) >= 11 is 0. The van der Waals surface area contributed by atoms with Crippen LogP contribution in [0.3, 0.4) is 0 Å². The van der Waals surface area contributed by atoms with E-state index in [1.54, 1.807) is 6.07 Å². The van der Waals surface area contributed by atoms with Crippen LogP contribution >= 0.6 is 0 Å². The zero-order valence-corrected chi connectivity index (χ0v) is 12.0. The van der Waals surface area contributed by atoms with Crippen LogP contribution < -0.4 is 5.73 Å². The maximum absolute atomic E-state index is 12.5. The third kappa shape index (κ3) is 2.69. The van der Waals surface area contributed by atoms with Crippen molar-refractivity contribution in [3.63, 3.8) is 0 Å². The second-order valence-corrected chi connectivity index (χ2v) is 5.59. The lowest BCUT2D eigenvalue weighted by atomic mass is 10.1. The predicted molar refractivity (Wildman–Crippen MR) is 79.6 cm³/mol. The molecule has 2 aromatic rings. The van der Waals surface area contributed by atoms with Crippen molar-refractivity contribution in [1.29, 1.82) is 0 Å². The van der Waals surface area contributed by atoms with E-state index in [-0.39, 0.29) is 11.9 Å². The molecule has 1 aliphatic heterocycles. The number of likely N-dealkylation sites (tertiary alicyclic amines) is 1. The molecule has 1 amide bonds. The van der Waals surface area contributed by atoms with Crippen molar-refractivity contribution >= 4 is 5.91 Å². The van der Waals surface area contributed by atoms with Gasteiger partial charge in [-0.05, 0) is 25.8 Å². The Labute approximate surface area is 123 Å². The van der Waals surface area contributed by atoms with Crippen LogP contribution in [-0.4, -0.2) is 35.1 Å². The molecular formula is C16H19N3O2. The van der Waals surface area contributed by atoms with Crippen LogP contribution in [0, 0.1) is 5.92 Å². The number of nitrogens with zero attached hydrogens (tertiary/aromatic N) is 2. The van der Waals surface area contributed by atoms with Crippen molar-refractivity contribution in [2.75, 3.05) is 13.1 Å². The molecule has 1 fully saturated rings. The first kappa shape index (κ1) is 13.8. The molecule has 0 aliphatic carbocycles. The van der Waals surface area contributed by atoms with Gasteiger partial charge in [0.15, 0.2) is 0 Å². The summed E-state index contributed by atoms with van der Waals surface area (Å²) in [5, 5.41) is 4.00. The molecule has 3 rings (SSSR count). The molecule has 1 aliphatic rings. The van der Waals surface area contributed by atoms with E-state index >= 15 is 0 Å². The first-order valence-corrected chi connectivity index (χ1v) is 7.22. The highest BCUT2D eigenvalue weighted by Crippen LogP contribution is 2.25. The SMILES string of the molecule is CC1CC(CN)CN1C(=O)c1cc(-c2ccccc2)no1. The molecule has 5 nitrogen and oxygen atoms in total. The van der Waals surface area contributed by atoms with E-state index in [1.165, 1.54) is 0 Å². The Kier molecular flexibility index (Phi) is 3.75. The van der Waals surface area contributed by atoms with E-state index in [2.05, 4.69) is 5.16 Å². The van der Waals surface area contributed by atoms with Crippen LogP contribution in [-0.2, 0) is 0 Å². The van der Waals surface area contributed by atoms with Crippen LogP contribution in [0.5, 0.6) is 0 Å². The van der Waals surface area contributed by atoms with Crippen molar-refractivity contribution < 1.29 is 9.32 Å². The number of aromatic nitrogens is 1. The van der Waals surface area contributed by atoms with Gasteiger partial charge in [0.1, 0.15) is 5.69 Å². The Morgan fingerprint density at radius 1 is 1.43 bits per heavy atom. The van der Waals surface area contributed by atoms with E-state index in [4.69, 9.17) is 10.3 Å². The number of rotatable bonds is 3. The summed E-state index contributed by atoms with van der Waals surface area (Å²) in [6.07, 6.45) is 0.946. The van der Waals surface area contributed by atoms with Gasteiger partial charge in [-0.2, -0.15) is 0 Å². The molecule has 5 heteroatoms. The van der Waals surface area contributed by atoms with Crippen LogP contribution in [0.4, 0.5) is 0 Å². The largest absolute Gasteiger partial charge is 0.350 e. The number of benzene rings is 1. The summed E-state index contributed by atoms with van der Waals surface area (Å²) in [5.41, 5.74) is 7.32. The van der Waals surface area contributed by atoms with E-state index in [0.717, 1.165) is 12.0 Å². The van der Waals surface area contributed by atoms with Gasteiger partial charge in [-0.25, -0.2) is 0 Å². The van der Waals surface area contributed by atoms with E-state index in [1.807, 2.05) is 42.2 Å². The van der Waals surface area contributed by atoms with Gasteiger partial charge < -0.3 is 15.2 Å². The zero-order chi connectivity index (χ0) is 14.8. The molecule has 0 saturated carbocycles. The zero-order valence-electron chi connectivity index (χ0n) is 12.0. The summed E-state index contributed by atoms with van der Waals surface area (Å²) in [6.45, 7) is 3.35. The molecule has 1 aromatic heterocycles. The highest BCUT2D eigenvalue weighted by Gasteiger charge is 2.33. The van der Waals surface area contributed by atoms with Crippen LogP contribution in [0.2, 0.25) is 0 Å². The first-order chi connectivity index (χ1) is 10.2. The molecule has 1 saturated heterocycles. The van der Waals surface area contributed by atoms with Crippen molar-refractivity contribution in [2.24, 2.45) is 11.7 Å². The summed E-state index contributed by atoms with van der Waals surface area (Å²) in [6, 6.07) is 11.6. The molecule has 1 aromatic carbocycles. The molecule has 0 radical (unpaired) electrons. The average molecular weight is 285 g/mol. The number of nitrogens with two attached hydrogens (primary N) is 1. The molecule has 110 valence electrons. The number of hydrogen-bond donors (Lipinski definition) is 1. The minimum atomic E-state index is -0.104. The van der Waals surface area contributed by atoms with Crippen molar-refractivity contribution in [1.82, 2.24) is 10.1 Å². The Morgan fingerprint density at radius 2 is 2.19 bits per heavy atom. The Hall–Kier alpha value is -2.14. The minimum Gasteiger partial charge on any atom is -0.350 e. The summed E-state index contributed by atoms with van der Waals surface area (Å²) in [7, 11) is 0. The Bertz CT molecular complexity index is 623. The smallest absolute Gasteiger partial charge is 0.292 e. The molecule has 2 unspecified atom stereocenters. The van der Waals surface area contributed by atoms with Crippen molar-refractivity contribution in [3.8, 4) is 11.3 Å². The number of carbonyl (C=O) groups excluding carboxylic acids is 1. The van der Waals surface area contributed by atoms with E-state index in [0.29, 0.717) is 30.5 Å². The number of carbonyl (C=O) groups is 1. The summed E-state index contributed by atoms with van der Waals surface area (Å²) in [5.74, 6) is 0.562. The summed E-state index contributed by atoms with van der Waals surface area (Å²) in [4.78, 5) is 14.3. The second-order valence-electron chi connectivity index (χ2n) is 5.59.